The van der Waals surface area contributed by atoms with Crippen LogP contribution in [0, 0.1) is 5.92 Å². The summed E-state index contributed by atoms with van der Waals surface area (Å²) in [6.45, 7) is 1.34. The molecule has 1 N–H and O–H groups in total. The van der Waals surface area contributed by atoms with Crippen LogP contribution in [0.5, 0.6) is 0 Å². The molecule has 1 amide bonds. The summed E-state index contributed by atoms with van der Waals surface area (Å²) in [5.41, 5.74) is 0.0752. The van der Waals surface area contributed by atoms with Gasteiger partial charge in [-0.15, -0.1) is 0 Å². The Balaban J connectivity index is 2.05. The zero-order valence-corrected chi connectivity index (χ0v) is 13.1. The van der Waals surface area contributed by atoms with Gasteiger partial charge in [0.25, 0.3) is 0 Å². The highest BCUT2D eigenvalue weighted by Crippen LogP contribution is 2.31. The SMILES string of the molecule is CCOC(=O)c1ccnc(CN(F)C(=O)C(F)(F)[C@@H]2CCNC2)c1. The Hall–Kier alpha value is -2.16. The fourth-order valence-electron chi connectivity index (χ4n) is 2.42. The van der Waals surface area contributed by atoms with Crippen LogP contribution in [0.3, 0.4) is 0 Å². The van der Waals surface area contributed by atoms with E-state index in [1.807, 2.05) is 0 Å². The highest BCUT2D eigenvalue weighted by molar-refractivity contribution is 5.89. The van der Waals surface area contributed by atoms with E-state index in [1.165, 1.54) is 18.3 Å². The molecule has 2 heterocycles. The maximum atomic E-state index is 14.0. The highest BCUT2D eigenvalue weighted by Gasteiger charge is 2.50. The molecule has 0 radical (unpaired) electrons. The normalized spacial score (nSPS) is 17.6. The molecule has 0 bridgehead atoms. The van der Waals surface area contributed by atoms with Gasteiger partial charge in [0.05, 0.1) is 24.4 Å². The first kappa shape index (κ1) is 18.2. The molecule has 0 aromatic carbocycles. The van der Waals surface area contributed by atoms with Gasteiger partial charge in [-0.1, -0.05) is 4.48 Å². The van der Waals surface area contributed by atoms with Gasteiger partial charge >= 0.3 is 17.8 Å². The number of aromatic nitrogens is 1. The van der Waals surface area contributed by atoms with Crippen LogP contribution in [0.25, 0.3) is 0 Å². The summed E-state index contributed by atoms with van der Waals surface area (Å²) in [7, 11) is 0. The number of rotatable bonds is 6. The average molecular weight is 345 g/mol. The first-order chi connectivity index (χ1) is 11.4. The molecule has 1 aliphatic rings. The molecule has 1 aromatic heterocycles. The smallest absolute Gasteiger partial charge is 0.338 e. The van der Waals surface area contributed by atoms with Crippen LogP contribution >= 0.6 is 0 Å². The summed E-state index contributed by atoms with van der Waals surface area (Å²) >= 11 is 0. The van der Waals surface area contributed by atoms with E-state index in [4.69, 9.17) is 4.74 Å². The number of nitrogens with one attached hydrogen (secondary N) is 1. The van der Waals surface area contributed by atoms with Crippen molar-refractivity contribution in [2.24, 2.45) is 5.92 Å². The summed E-state index contributed by atoms with van der Waals surface area (Å²) < 4.78 is 46.8. The molecule has 1 aliphatic heterocycles. The minimum atomic E-state index is -3.79. The number of pyridine rings is 1. The maximum absolute atomic E-state index is 14.0. The summed E-state index contributed by atoms with van der Waals surface area (Å²) in [6.07, 6.45) is 1.32. The van der Waals surface area contributed by atoms with Crippen LogP contribution in [0.15, 0.2) is 18.3 Å². The minimum absolute atomic E-state index is 0.0308. The number of hydrogen-bond acceptors (Lipinski definition) is 5. The zero-order valence-electron chi connectivity index (χ0n) is 13.1. The van der Waals surface area contributed by atoms with E-state index >= 15 is 0 Å². The van der Waals surface area contributed by atoms with Gasteiger partial charge in [-0.2, -0.15) is 13.9 Å². The van der Waals surface area contributed by atoms with Gasteiger partial charge in [-0.05, 0) is 32.0 Å². The van der Waals surface area contributed by atoms with E-state index in [0.717, 1.165) is 0 Å². The van der Waals surface area contributed by atoms with Crippen molar-refractivity contribution in [3.05, 3.63) is 29.6 Å². The number of carbonyl (C=O) groups excluding carboxylic acids is 2. The third kappa shape index (κ3) is 4.02. The number of esters is 1. The summed E-state index contributed by atoms with van der Waals surface area (Å²) in [5, 5.41) is 2.16. The molecular formula is C15H18F3N3O3. The fraction of sp³-hybridized carbons (Fsp3) is 0.533. The quantitative estimate of drug-likeness (QED) is 0.628. The van der Waals surface area contributed by atoms with Gasteiger partial charge in [0, 0.05) is 18.7 Å². The second kappa shape index (κ2) is 7.61. The van der Waals surface area contributed by atoms with Gasteiger partial charge < -0.3 is 10.1 Å². The molecule has 0 unspecified atom stereocenters. The van der Waals surface area contributed by atoms with Crippen molar-refractivity contribution in [3.8, 4) is 0 Å². The molecule has 1 atom stereocenters. The third-order valence-electron chi connectivity index (χ3n) is 3.71. The molecule has 24 heavy (non-hydrogen) atoms. The number of hydrogen-bond donors (Lipinski definition) is 1. The van der Waals surface area contributed by atoms with Crippen LogP contribution in [0.1, 0.15) is 29.4 Å². The van der Waals surface area contributed by atoms with E-state index < -0.39 is 35.4 Å². The van der Waals surface area contributed by atoms with E-state index in [1.54, 1.807) is 6.92 Å². The van der Waals surface area contributed by atoms with E-state index in [9.17, 15) is 22.9 Å². The Kier molecular flexibility index (Phi) is 5.76. The van der Waals surface area contributed by atoms with Gasteiger partial charge in [0.15, 0.2) is 0 Å². The molecule has 1 aromatic rings. The van der Waals surface area contributed by atoms with Crippen LogP contribution in [0.2, 0.25) is 0 Å². The lowest BCUT2D eigenvalue weighted by molar-refractivity contribution is -0.182. The van der Waals surface area contributed by atoms with Crippen molar-refractivity contribution >= 4 is 11.9 Å². The number of alkyl halides is 2. The number of nitrogens with zero attached hydrogens (tertiary/aromatic N) is 2. The number of carbonyl (C=O) groups is 2. The van der Waals surface area contributed by atoms with Gasteiger partial charge in [0.1, 0.15) is 0 Å². The fourth-order valence-corrected chi connectivity index (χ4v) is 2.42. The van der Waals surface area contributed by atoms with Crippen molar-refractivity contribution in [2.45, 2.75) is 25.8 Å². The Morgan fingerprint density at radius 2 is 2.25 bits per heavy atom. The molecule has 1 saturated heterocycles. The topological polar surface area (TPSA) is 71.5 Å². The van der Waals surface area contributed by atoms with Crippen LogP contribution in [-0.2, 0) is 16.1 Å². The van der Waals surface area contributed by atoms with Gasteiger partial charge in [0.2, 0.25) is 0 Å². The Labute approximate surface area is 136 Å². The number of halogens is 3. The Bertz CT molecular complexity index is 607. The Morgan fingerprint density at radius 3 is 2.88 bits per heavy atom. The van der Waals surface area contributed by atoms with Crippen molar-refractivity contribution in [1.82, 2.24) is 15.4 Å². The first-order valence-corrected chi connectivity index (χ1v) is 7.54. The predicted octanol–water partition coefficient (Wildman–Crippen LogP) is 1.72. The van der Waals surface area contributed by atoms with Crippen molar-refractivity contribution in [3.63, 3.8) is 0 Å². The lowest BCUT2D eigenvalue weighted by Gasteiger charge is -2.23. The number of ether oxygens (including phenoxy) is 1. The highest BCUT2D eigenvalue weighted by atomic mass is 19.3. The summed E-state index contributed by atoms with van der Waals surface area (Å²) in [4.78, 5) is 27.1. The standard InChI is InChI=1S/C15H18F3N3O3/c1-2-24-13(22)10-3-6-20-12(7-10)9-21(18)14(23)15(16,17)11-4-5-19-8-11/h3,6-7,11,19H,2,4-5,8-9H2,1H3/t11-/m1/s1. The minimum Gasteiger partial charge on any atom is -0.462 e. The molecule has 9 heteroatoms. The van der Waals surface area contributed by atoms with E-state index in [-0.39, 0.29) is 30.8 Å². The maximum Gasteiger partial charge on any atom is 0.338 e. The van der Waals surface area contributed by atoms with Crippen LogP contribution in [0.4, 0.5) is 13.3 Å². The second-order valence-electron chi connectivity index (χ2n) is 5.39. The molecule has 0 aliphatic carbocycles. The van der Waals surface area contributed by atoms with Crippen LogP contribution in [-0.4, -0.2) is 47.6 Å². The average Bonchev–Trinajstić information content (AvgIpc) is 3.09. The van der Waals surface area contributed by atoms with Crippen molar-refractivity contribution in [1.29, 1.82) is 0 Å². The molecule has 2 rings (SSSR count). The summed E-state index contributed by atoms with van der Waals surface area (Å²) in [5.74, 6) is -7.57. The molecule has 132 valence electrons. The zero-order chi connectivity index (χ0) is 17.7. The largest absolute Gasteiger partial charge is 0.462 e. The van der Waals surface area contributed by atoms with Crippen molar-refractivity contribution < 1.29 is 27.6 Å². The molecule has 0 saturated carbocycles. The lowest BCUT2D eigenvalue weighted by Crippen LogP contribution is -2.45. The molecule has 6 nitrogen and oxygen atoms in total. The Morgan fingerprint density at radius 1 is 1.50 bits per heavy atom. The van der Waals surface area contributed by atoms with E-state index in [2.05, 4.69) is 10.3 Å². The van der Waals surface area contributed by atoms with Crippen LogP contribution < -0.4 is 5.32 Å². The lowest BCUT2D eigenvalue weighted by atomic mass is 10.00. The second-order valence-corrected chi connectivity index (χ2v) is 5.39. The molecule has 1 fully saturated rings. The van der Waals surface area contributed by atoms with E-state index in [0.29, 0.717) is 6.54 Å². The van der Waals surface area contributed by atoms with Gasteiger partial charge in [-0.25, -0.2) is 4.79 Å². The predicted molar refractivity (Wildman–Crippen MR) is 77.8 cm³/mol. The monoisotopic (exact) mass is 345 g/mol. The molecular weight excluding hydrogens is 327 g/mol. The third-order valence-corrected chi connectivity index (χ3v) is 3.71. The van der Waals surface area contributed by atoms with Crippen molar-refractivity contribution in [2.75, 3.05) is 19.7 Å². The number of amides is 1. The first-order valence-electron chi connectivity index (χ1n) is 7.54. The molecule has 0 spiro atoms. The summed E-state index contributed by atoms with van der Waals surface area (Å²) in [6, 6.07) is 2.55. The van der Waals surface area contributed by atoms with Gasteiger partial charge in [-0.3, -0.25) is 9.78 Å².